The van der Waals surface area contributed by atoms with Crippen LogP contribution in [0.3, 0.4) is 0 Å². The monoisotopic (exact) mass is 1050 g/mol. The summed E-state index contributed by atoms with van der Waals surface area (Å²) in [5, 5.41) is 71.0. The summed E-state index contributed by atoms with van der Waals surface area (Å²) in [7, 11) is 0. The van der Waals surface area contributed by atoms with Crippen molar-refractivity contribution in [1.29, 1.82) is 0 Å². The second-order valence-corrected chi connectivity index (χ2v) is 18.2. The molecule has 1 fully saturated rings. The molecular formula is C50H67N9O16. The normalized spacial score (nSPS) is 15.4. The van der Waals surface area contributed by atoms with Gasteiger partial charge in [0.2, 0.25) is 11.8 Å². The number of unbranched alkanes of at least 4 members (excludes halogenated alkanes) is 1. The number of amides is 5. The number of aliphatic carboxylic acids is 6. The highest BCUT2D eigenvalue weighted by molar-refractivity contribution is 5.94. The molecule has 1 saturated heterocycles. The van der Waals surface area contributed by atoms with Gasteiger partial charge in [0.1, 0.15) is 12.1 Å². The number of urea groups is 1. The fraction of sp³-hybridized carbons (Fsp3) is 0.480. The lowest BCUT2D eigenvalue weighted by atomic mass is 9.96. The van der Waals surface area contributed by atoms with Gasteiger partial charge in [0.15, 0.2) is 0 Å². The Bertz CT molecular complexity index is 2430. The van der Waals surface area contributed by atoms with Gasteiger partial charge in [0.05, 0.1) is 32.1 Å². The number of nitrogens with one attached hydrogen (secondary N) is 5. The lowest BCUT2D eigenvalue weighted by Crippen LogP contribution is -2.51. The molecule has 0 saturated carbocycles. The van der Waals surface area contributed by atoms with Crippen LogP contribution < -0.4 is 26.6 Å². The Kier molecular flexibility index (Phi) is 24.8. The Morgan fingerprint density at radius 2 is 1.00 bits per heavy atom. The largest absolute Gasteiger partial charge is 0.481 e. The third-order valence-electron chi connectivity index (χ3n) is 12.3. The van der Waals surface area contributed by atoms with Gasteiger partial charge in [-0.2, -0.15) is 0 Å². The van der Waals surface area contributed by atoms with E-state index in [1.165, 1.54) is 0 Å². The first-order chi connectivity index (χ1) is 35.7. The third-order valence-corrected chi connectivity index (χ3v) is 12.3. The second kappa shape index (κ2) is 31.1. The summed E-state index contributed by atoms with van der Waals surface area (Å²) in [5.41, 5.74) is 1.79. The number of fused-ring (bicyclic) bond motifs is 1. The molecule has 11 N–H and O–H groups in total. The Labute approximate surface area is 432 Å². The number of carbonyl (C=O) groups excluding carboxylic acids is 4. The van der Waals surface area contributed by atoms with Crippen LogP contribution in [0.1, 0.15) is 53.6 Å². The summed E-state index contributed by atoms with van der Waals surface area (Å²) in [5.74, 6) is -9.26. The summed E-state index contributed by atoms with van der Waals surface area (Å²) in [6, 6.07) is 15.9. The van der Waals surface area contributed by atoms with Crippen LogP contribution in [-0.2, 0) is 51.3 Å². The molecule has 25 nitrogen and oxygen atoms in total. The molecule has 1 aliphatic heterocycles. The predicted molar refractivity (Wildman–Crippen MR) is 269 cm³/mol. The maximum Gasteiger partial charge on any atom is 0.326 e. The number of hydrogen-bond donors (Lipinski definition) is 11. The van der Waals surface area contributed by atoms with Crippen LogP contribution in [0.4, 0.5) is 4.79 Å². The summed E-state index contributed by atoms with van der Waals surface area (Å²) in [4.78, 5) is 129. The van der Waals surface area contributed by atoms with Crippen molar-refractivity contribution in [2.45, 2.75) is 57.2 Å². The summed E-state index contributed by atoms with van der Waals surface area (Å²) < 4.78 is 0. The molecule has 75 heavy (non-hydrogen) atoms. The van der Waals surface area contributed by atoms with E-state index in [4.69, 9.17) is 5.11 Å². The Morgan fingerprint density at radius 1 is 0.507 bits per heavy atom. The number of benzene rings is 3. The van der Waals surface area contributed by atoms with E-state index in [0.29, 0.717) is 12.0 Å². The van der Waals surface area contributed by atoms with Crippen LogP contribution in [0, 0.1) is 5.92 Å². The Balaban J connectivity index is 1.32. The molecule has 3 aromatic carbocycles. The van der Waals surface area contributed by atoms with Crippen molar-refractivity contribution in [2.24, 2.45) is 5.92 Å². The maximum atomic E-state index is 13.7. The lowest BCUT2D eigenvalue weighted by Gasteiger charge is -2.32. The summed E-state index contributed by atoms with van der Waals surface area (Å²) in [6.07, 6.45) is -0.232. The standard InChI is InChI=1S/C50H67N9O16/c60-41(29-56-17-19-57(30-43(63)64)21-23-59(32-45(67)68)24-22-58(20-18-56)31-44(65)66)52-27-33-8-12-36(13-9-33)46(69)53-28-38(26-34-10-11-35-5-1-2-6-37(35)25-34)47(70)51-16-4-3-7-39(48(71)72)54-50(75)55-40(49(73)74)14-15-42(61)62/h1-2,5-6,8-13,25,38-40H,3-4,7,14-24,26-32H2,(H,51,70)(H,52,60)(H,53,69)(H,61,62)(H,63,64)(H,65,66)(H,67,68)(H,71,72)(H,73,74)(H2,54,55,75)/t38?,39-,40-/m0/s1. The van der Waals surface area contributed by atoms with E-state index in [9.17, 15) is 73.5 Å². The lowest BCUT2D eigenvalue weighted by molar-refractivity contribution is -0.141. The quantitative estimate of drug-likeness (QED) is 0.0422. The van der Waals surface area contributed by atoms with Crippen molar-refractivity contribution in [3.05, 3.63) is 83.4 Å². The first-order valence-electron chi connectivity index (χ1n) is 24.4. The van der Waals surface area contributed by atoms with Gasteiger partial charge < -0.3 is 57.2 Å². The highest BCUT2D eigenvalue weighted by Crippen LogP contribution is 2.19. The van der Waals surface area contributed by atoms with E-state index in [-0.39, 0.29) is 135 Å². The molecule has 0 aromatic heterocycles. The minimum atomic E-state index is -1.55. The zero-order chi connectivity index (χ0) is 54.9. The number of carboxylic acids is 6. The molecular weight excluding hydrogens is 983 g/mol. The molecule has 0 aliphatic carbocycles. The van der Waals surface area contributed by atoms with Crippen molar-refractivity contribution in [2.75, 3.05) is 91.6 Å². The van der Waals surface area contributed by atoms with E-state index in [2.05, 4.69) is 26.6 Å². The molecule has 1 unspecified atom stereocenters. The zero-order valence-electron chi connectivity index (χ0n) is 41.5. The van der Waals surface area contributed by atoms with Crippen molar-refractivity contribution < 1.29 is 78.6 Å². The van der Waals surface area contributed by atoms with E-state index in [0.717, 1.165) is 16.3 Å². The number of hydrogen-bond acceptors (Lipinski definition) is 14. The van der Waals surface area contributed by atoms with Crippen LogP contribution in [-0.4, -0.2) is 214 Å². The van der Waals surface area contributed by atoms with Gasteiger partial charge in [0.25, 0.3) is 5.91 Å². The van der Waals surface area contributed by atoms with Gasteiger partial charge in [0, 0.05) is 84.0 Å². The smallest absolute Gasteiger partial charge is 0.326 e. The molecule has 25 heteroatoms. The number of carbonyl (C=O) groups is 10. The number of nitrogens with zero attached hydrogens (tertiary/aromatic N) is 4. The van der Waals surface area contributed by atoms with Gasteiger partial charge in [-0.05, 0) is 66.1 Å². The van der Waals surface area contributed by atoms with Gasteiger partial charge in [-0.25, -0.2) is 14.4 Å². The first kappa shape index (κ1) is 59.8. The van der Waals surface area contributed by atoms with Crippen molar-refractivity contribution in [1.82, 2.24) is 46.2 Å². The highest BCUT2D eigenvalue weighted by atomic mass is 16.4. The molecule has 0 spiro atoms. The van der Waals surface area contributed by atoms with Crippen LogP contribution in [0.15, 0.2) is 66.7 Å². The minimum Gasteiger partial charge on any atom is -0.481 e. The van der Waals surface area contributed by atoms with Crippen LogP contribution >= 0.6 is 0 Å². The zero-order valence-corrected chi connectivity index (χ0v) is 41.5. The molecule has 1 heterocycles. The summed E-state index contributed by atoms with van der Waals surface area (Å²) >= 11 is 0. The molecule has 5 amide bonds. The SMILES string of the molecule is O=C(O)CC[C@H](NC(=O)N[C@@H](CCCCNC(=O)C(CNC(=O)c1ccc(CNC(=O)CN2CCN(CC(=O)O)CCN(CC(=O)O)CCN(CC(=O)O)CC2)cc1)Cc1ccc2ccccc2c1)C(=O)O)C(=O)O. The number of carboxylic acid groups (broad SMARTS) is 6. The second-order valence-electron chi connectivity index (χ2n) is 18.2. The fourth-order valence-corrected chi connectivity index (χ4v) is 8.21. The van der Waals surface area contributed by atoms with Crippen molar-refractivity contribution >= 4 is 70.3 Å². The Morgan fingerprint density at radius 3 is 1.51 bits per heavy atom. The minimum absolute atomic E-state index is 0.0545. The van der Waals surface area contributed by atoms with Crippen molar-refractivity contribution in [3.63, 3.8) is 0 Å². The van der Waals surface area contributed by atoms with E-state index < -0.39 is 78.6 Å². The van der Waals surface area contributed by atoms with Crippen LogP contribution in [0.5, 0.6) is 0 Å². The predicted octanol–water partition coefficient (Wildman–Crippen LogP) is -0.123. The van der Waals surface area contributed by atoms with E-state index in [1.807, 2.05) is 42.5 Å². The highest BCUT2D eigenvalue weighted by Gasteiger charge is 2.26. The molecule has 0 bridgehead atoms. The molecule has 0 radical (unpaired) electrons. The topological polar surface area (TPSA) is 365 Å². The Hall–Kier alpha value is -7.74. The van der Waals surface area contributed by atoms with E-state index >= 15 is 0 Å². The third kappa shape index (κ3) is 22.9. The maximum absolute atomic E-state index is 13.7. The van der Waals surface area contributed by atoms with Gasteiger partial charge in [-0.1, -0.05) is 54.6 Å². The molecule has 3 atom stereocenters. The molecule has 4 rings (SSSR count). The van der Waals surface area contributed by atoms with Crippen LogP contribution in [0.25, 0.3) is 10.8 Å². The number of rotatable bonds is 28. The van der Waals surface area contributed by atoms with E-state index in [1.54, 1.807) is 43.9 Å². The first-order valence-corrected chi connectivity index (χ1v) is 24.4. The van der Waals surface area contributed by atoms with Crippen molar-refractivity contribution in [3.8, 4) is 0 Å². The fourth-order valence-electron chi connectivity index (χ4n) is 8.21. The van der Waals surface area contributed by atoms with Gasteiger partial charge >= 0.3 is 41.8 Å². The average Bonchev–Trinajstić information content (AvgIpc) is 3.35. The molecule has 3 aromatic rings. The van der Waals surface area contributed by atoms with Crippen LogP contribution in [0.2, 0.25) is 0 Å². The molecule has 408 valence electrons. The average molecular weight is 1050 g/mol. The summed E-state index contributed by atoms with van der Waals surface area (Å²) in [6.45, 7) is 1.21. The van der Waals surface area contributed by atoms with Gasteiger partial charge in [-0.3, -0.25) is 53.2 Å². The van der Waals surface area contributed by atoms with Gasteiger partial charge in [-0.15, -0.1) is 0 Å². The molecule has 1 aliphatic rings.